The average Bonchev–Trinajstić information content (AvgIpc) is 2.45. The SMILES string of the molecule is CCCCCCCCCCCCCCC=CC=CS(=O)(=O)O. The van der Waals surface area contributed by atoms with Crippen LogP contribution in [0.25, 0.3) is 0 Å². The lowest BCUT2D eigenvalue weighted by Crippen LogP contribution is -1.88. The van der Waals surface area contributed by atoms with E-state index in [0.717, 1.165) is 18.2 Å². The summed E-state index contributed by atoms with van der Waals surface area (Å²) in [4.78, 5) is 0. The van der Waals surface area contributed by atoms with Gasteiger partial charge in [0.15, 0.2) is 0 Å². The second-order valence-electron chi connectivity index (χ2n) is 5.95. The van der Waals surface area contributed by atoms with Crippen LogP contribution in [0.4, 0.5) is 0 Å². The molecule has 130 valence electrons. The predicted octanol–water partition coefficient (Wildman–Crippen LogP) is 6.04. The summed E-state index contributed by atoms with van der Waals surface area (Å²) in [5, 5.41) is 0.797. The van der Waals surface area contributed by atoms with Crippen molar-refractivity contribution in [1.82, 2.24) is 0 Å². The van der Waals surface area contributed by atoms with Crippen molar-refractivity contribution in [2.45, 2.75) is 90.4 Å². The Labute approximate surface area is 137 Å². The summed E-state index contributed by atoms with van der Waals surface area (Å²) in [5.41, 5.74) is 0. The molecule has 0 aliphatic rings. The Balaban J connectivity index is 3.21. The van der Waals surface area contributed by atoms with Crippen LogP contribution in [0, 0.1) is 0 Å². The number of allylic oxidation sites excluding steroid dienone is 3. The number of hydrogen-bond donors (Lipinski definition) is 1. The predicted molar refractivity (Wildman–Crippen MR) is 95.5 cm³/mol. The van der Waals surface area contributed by atoms with Gasteiger partial charge in [0, 0.05) is 0 Å². The van der Waals surface area contributed by atoms with Crippen LogP contribution >= 0.6 is 0 Å². The van der Waals surface area contributed by atoms with Gasteiger partial charge in [0.1, 0.15) is 0 Å². The van der Waals surface area contributed by atoms with E-state index in [0.29, 0.717) is 0 Å². The summed E-state index contributed by atoms with van der Waals surface area (Å²) in [5.74, 6) is 0. The van der Waals surface area contributed by atoms with Gasteiger partial charge in [0.2, 0.25) is 0 Å². The van der Waals surface area contributed by atoms with Crippen molar-refractivity contribution in [2.24, 2.45) is 0 Å². The maximum atomic E-state index is 10.4. The summed E-state index contributed by atoms with van der Waals surface area (Å²) in [7, 11) is -3.98. The van der Waals surface area contributed by atoms with Crippen molar-refractivity contribution in [3.8, 4) is 0 Å². The Morgan fingerprint density at radius 1 is 0.727 bits per heavy atom. The molecule has 22 heavy (non-hydrogen) atoms. The largest absolute Gasteiger partial charge is 0.287 e. The molecular weight excluding hydrogens is 296 g/mol. The van der Waals surface area contributed by atoms with E-state index in [1.54, 1.807) is 6.08 Å². The molecule has 0 rings (SSSR count). The first kappa shape index (κ1) is 21.4. The Hall–Kier alpha value is -0.610. The van der Waals surface area contributed by atoms with E-state index in [2.05, 4.69) is 6.92 Å². The Bertz CT molecular complexity index is 383. The minimum atomic E-state index is -3.98. The fourth-order valence-electron chi connectivity index (χ4n) is 2.42. The summed E-state index contributed by atoms with van der Waals surface area (Å²) in [6.07, 6.45) is 22.0. The third kappa shape index (κ3) is 19.4. The van der Waals surface area contributed by atoms with Crippen molar-refractivity contribution in [2.75, 3.05) is 0 Å². The molecule has 0 bridgehead atoms. The maximum Gasteiger partial charge on any atom is 0.287 e. The third-order valence-electron chi connectivity index (χ3n) is 3.72. The molecule has 4 heteroatoms. The molecule has 3 nitrogen and oxygen atoms in total. The molecule has 0 aromatic carbocycles. The number of hydrogen-bond acceptors (Lipinski definition) is 2. The van der Waals surface area contributed by atoms with E-state index in [1.165, 1.54) is 76.7 Å². The number of rotatable bonds is 15. The Morgan fingerprint density at radius 3 is 1.64 bits per heavy atom. The Morgan fingerprint density at radius 2 is 1.18 bits per heavy atom. The van der Waals surface area contributed by atoms with Gasteiger partial charge < -0.3 is 0 Å². The first-order valence-corrected chi connectivity index (χ1v) is 10.4. The molecule has 0 fully saturated rings. The van der Waals surface area contributed by atoms with Gasteiger partial charge >= 0.3 is 0 Å². The van der Waals surface area contributed by atoms with Crippen LogP contribution in [0.15, 0.2) is 23.6 Å². The van der Waals surface area contributed by atoms with Gasteiger partial charge in [0.25, 0.3) is 10.1 Å². The lowest BCUT2D eigenvalue weighted by molar-refractivity contribution is 0.494. The smallest absolute Gasteiger partial charge is 0.282 e. The molecule has 0 saturated carbocycles. The highest BCUT2D eigenvalue weighted by Gasteiger charge is 1.93. The lowest BCUT2D eigenvalue weighted by atomic mass is 10.0. The van der Waals surface area contributed by atoms with Gasteiger partial charge in [-0.25, -0.2) is 0 Å². The molecular formula is C18H34O3S. The van der Waals surface area contributed by atoms with Crippen LogP contribution in [0.5, 0.6) is 0 Å². The van der Waals surface area contributed by atoms with Gasteiger partial charge in [-0.2, -0.15) is 8.42 Å². The van der Waals surface area contributed by atoms with E-state index in [9.17, 15) is 8.42 Å². The van der Waals surface area contributed by atoms with Gasteiger partial charge in [-0.3, -0.25) is 4.55 Å². The monoisotopic (exact) mass is 330 g/mol. The molecule has 0 radical (unpaired) electrons. The Kier molecular flexibility index (Phi) is 14.9. The van der Waals surface area contributed by atoms with E-state index >= 15 is 0 Å². The summed E-state index contributed by atoms with van der Waals surface area (Å²) < 4.78 is 29.3. The highest BCUT2D eigenvalue weighted by molar-refractivity contribution is 7.88. The van der Waals surface area contributed by atoms with E-state index in [1.807, 2.05) is 6.08 Å². The van der Waals surface area contributed by atoms with Crippen LogP contribution in [-0.4, -0.2) is 13.0 Å². The van der Waals surface area contributed by atoms with Crippen molar-refractivity contribution < 1.29 is 13.0 Å². The molecule has 0 spiro atoms. The second kappa shape index (κ2) is 15.3. The van der Waals surface area contributed by atoms with Crippen molar-refractivity contribution >= 4 is 10.1 Å². The minimum Gasteiger partial charge on any atom is -0.282 e. The first-order chi connectivity index (χ1) is 10.6. The summed E-state index contributed by atoms with van der Waals surface area (Å²) >= 11 is 0. The van der Waals surface area contributed by atoms with Gasteiger partial charge in [-0.1, -0.05) is 89.7 Å². The molecule has 0 aliphatic carbocycles. The molecule has 0 heterocycles. The zero-order chi connectivity index (χ0) is 16.5. The van der Waals surface area contributed by atoms with Crippen LogP contribution in [-0.2, 0) is 10.1 Å². The van der Waals surface area contributed by atoms with Crippen LogP contribution in [0.2, 0.25) is 0 Å². The van der Waals surface area contributed by atoms with Crippen molar-refractivity contribution in [3.05, 3.63) is 23.6 Å². The van der Waals surface area contributed by atoms with Crippen LogP contribution < -0.4 is 0 Å². The highest BCUT2D eigenvalue weighted by atomic mass is 32.2. The lowest BCUT2D eigenvalue weighted by Gasteiger charge is -2.02. The maximum absolute atomic E-state index is 10.4. The quantitative estimate of drug-likeness (QED) is 0.226. The molecule has 0 aromatic rings. The molecule has 0 aromatic heterocycles. The normalized spacial score (nSPS) is 12.6. The fraction of sp³-hybridized carbons (Fsp3) is 0.778. The highest BCUT2D eigenvalue weighted by Crippen LogP contribution is 2.12. The average molecular weight is 331 g/mol. The first-order valence-electron chi connectivity index (χ1n) is 8.87. The molecule has 0 saturated heterocycles. The van der Waals surface area contributed by atoms with E-state index < -0.39 is 10.1 Å². The van der Waals surface area contributed by atoms with Crippen LogP contribution in [0.1, 0.15) is 90.4 Å². The van der Waals surface area contributed by atoms with Gasteiger partial charge in [-0.05, 0) is 18.9 Å². The van der Waals surface area contributed by atoms with Crippen LogP contribution in [0.3, 0.4) is 0 Å². The van der Waals surface area contributed by atoms with Gasteiger partial charge in [0.05, 0.1) is 5.41 Å². The van der Waals surface area contributed by atoms with Crippen molar-refractivity contribution in [3.63, 3.8) is 0 Å². The number of unbranched alkanes of at least 4 members (excludes halogenated alkanes) is 12. The molecule has 0 amide bonds. The molecule has 0 atom stereocenters. The van der Waals surface area contributed by atoms with E-state index in [-0.39, 0.29) is 0 Å². The molecule has 1 N–H and O–H groups in total. The van der Waals surface area contributed by atoms with E-state index in [4.69, 9.17) is 4.55 Å². The van der Waals surface area contributed by atoms with Gasteiger partial charge in [-0.15, -0.1) is 0 Å². The zero-order valence-electron chi connectivity index (χ0n) is 14.2. The standard InChI is InChI=1S/C18H34O3S/c1-2-3-4-5-6-7-8-9-10-11-12-13-14-15-16-17-18-22(19,20)21/h15-18H,2-14H2,1H3,(H,19,20,21). The fourth-order valence-corrected chi connectivity index (χ4v) is 2.71. The summed E-state index contributed by atoms with van der Waals surface area (Å²) in [6, 6.07) is 0. The molecule has 0 aliphatic heterocycles. The second-order valence-corrected chi connectivity index (χ2v) is 7.25. The topological polar surface area (TPSA) is 54.4 Å². The van der Waals surface area contributed by atoms with Crippen molar-refractivity contribution in [1.29, 1.82) is 0 Å². The minimum absolute atomic E-state index is 0.797. The zero-order valence-corrected chi connectivity index (χ0v) is 15.0. The third-order valence-corrected chi connectivity index (χ3v) is 4.22. The molecule has 0 unspecified atom stereocenters. The summed E-state index contributed by atoms with van der Waals surface area (Å²) in [6.45, 7) is 2.26.